The summed E-state index contributed by atoms with van der Waals surface area (Å²) in [7, 11) is 0. The van der Waals surface area contributed by atoms with E-state index in [1.807, 2.05) is 5.38 Å². The fraction of sp³-hybridized carbons (Fsp3) is 0.375. The van der Waals surface area contributed by atoms with Crippen LogP contribution >= 0.6 is 27.3 Å². The number of carbonyl (C=O) groups is 1. The molecule has 0 unspecified atom stereocenters. The Morgan fingerprint density at radius 2 is 2.17 bits per heavy atom. The molecule has 12 heavy (non-hydrogen) atoms. The highest BCUT2D eigenvalue weighted by Gasteiger charge is 2.27. The standard InChI is InChI=1S/C8H9BrO2S/c1-8(2,11)7(10)5-3-12-4-6(5)9/h3-4,11H,1-2H3. The zero-order chi connectivity index (χ0) is 9.35. The molecule has 1 N–H and O–H groups in total. The van der Waals surface area contributed by atoms with Crippen molar-refractivity contribution in [3.05, 3.63) is 20.8 Å². The van der Waals surface area contributed by atoms with Gasteiger partial charge in [0.1, 0.15) is 5.60 Å². The lowest BCUT2D eigenvalue weighted by Gasteiger charge is -2.14. The maximum absolute atomic E-state index is 11.5. The third-order valence-electron chi connectivity index (χ3n) is 1.41. The molecule has 0 saturated heterocycles. The highest BCUT2D eigenvalue weighted by Crippen LogP contribution is 2.25. The van der Waals surface area contributed by atoms with Gasteiger partial charge >= 0.3 is 0 Å². The molecular formula is C8H9BrO2S. The van der Waals surface area contributed by atoms with Crippen LogP contribution in [0.5, 0.6) is 0 Å². The number of Topliss-reactive ketones (excluding diaryl/α,β-unsaturated/α-hetero) is 1. The molecule has 1 rings (SSSR count). The van der Waals surface area contributed by atoms with Gasteiger partial charge in [0.15, 0.2) is 5.78 Å². The second-order valence-corrected chi connectivity index (χ2v) is 4.62. The van der Waals surface area contributed by atoms with Gasteiger partial charge in [-0.1, -0.05) is 0 Å². The first-order valence-electron chi connectivity index (χ1n) is 3.42. The molecule has 2 nitrogen and oxygen atoms in total. The van der Waals surface area contributed by atoms with Crippen molar-refractivity contribution in [1.29, 1.82) is 0 Å². The smallest absolute Gasteiger partial charge is 0.195 e. The van der Waals surface area contributed by atoms with Crippen molar-refractivity contribution in [2.24, 2.45) is 0 Å². The molecular weight excluding hydrogens is 240 g/mol. The molecule has 0 saturated carbocycles. The fourth-order valence-electron chi connectivity index (χ4n) is 0.773. The number of thiophene rings is 1. The molecule has 0 spiro atoms. The van der Waals surface area contributed by atoms with Gasteiger partial charge < -0.3 is 5.11 Å². The maximum Gasteiger partial charge on any atom is 0.195 e. The first kappa shape index (κ1) is 9.89. The van der Waals surface area contributed by atoms with Crippen molar-refractivity contribution in [1.82, 2.24) is 0 Å². The van der Waals surface area contributed by atoms with Gasteiger partial charge in [-0.15, -0.1) is 0 Å². The van der Waals surface area contributed by atoms with Crippen LogP contribution in [-0.2, 0) is 0 Å². The van der Waals surface area contributed by atoms with E-state index in [1.165, 1.54) is 25.2 Å². The van der Waals surface area contributed by atoms with Crippen molar-refractivity contribution < 1.29 is 9.90 Å². The van der Waals surface area contributed by atoms with Crippen LogP contribution in [0.3, 0.4) is 0 Å². The summed E-state index contributed by atoms with van der Waals surface area (Å²) in [6, 6.07) is 0. The van der Waals surface area contributed by atoms with Crippen molar-refractivity contribution in [2.45, 2.75) is 19.4 Å². The van der Waals surface area contributed by atoms with Gasteiger partial charge in [-0.05, 0) is 29.8 Å². The predicted octanol–water partition coefficient (Wildman–Crippen LogP) is 2.46. The first-order valence-corrected chi connectivity index (χ1v) is 5.15. The minimum Gasteiger partial charge on any atom is -0.382 e. The van der Waals surface area contributed by atoms with Crippen LogP contribution in [0.2, 0.25) is 0 Å². The Kier molecular flexibility index (Phi) is 2.70. The molecule has 66 valence electrons. The Hall–Kier alpha value is -0.190. The maximum atomic E-state index is 11.5. The van der Waals surface area contributed by atoms with E-state index in [2.05, 4.69) is 15.9 Å². The summed E-state index contributed by atoms with van der Waals surface area (Å²) in [6.07, 6.45) is 0. The van der Waals surface area contributed by atoms with Gasteiger partial charge in [-0.2, -0.15) is 11.3 Å². The molecule has 1 aromatic rings. The molecule has 0 fully saturated rings. The first-order chi connectivity index (χ1) is 5.43. The number of carbonyl (C=O) groups excluding carboxylic acids is 1. The number of rotatable bonds is 2. The summed E-state index contributed by atoms with van der Waals surface area (Å²) in [6.45, 7) is 2.97. The lowest BCUT2D eigenvalue weighted by Crippen LogP contribution is -2.30. The second kappa shape index (κ2) is 3.28. The molecule has 0 aliphatic carbocycles. The molecule has 0 aliphatic rings. The van der Waals surface area contributed by atoms with E-state index in [-0.39, 0.29) is 5.78 Å². The Morgan fingerprint density at radius 1 is 1.58 bits per heavy atom. The van der Waals surface area contributed by atoms with Gasteiger partial charge in [0.05, 0.1) is 0 Å². The summed E-state index contributed by atoms with van der Waals surface area (Å²) in [5.74, 6) is -0.254. The quantitative estimate of drug-likeness (QED) is 0.817. The minimum atomic E-state index is -1.29. The Bertz CT molecular complexity index is 298. The molecule has 0 aliphatic heterocycles. The molecule has 0 radical (unpaired) electrons. The Morgan fingerprint density at radius 3 is 2.50 bits per heavy atom. The van der Waals surface area contributed by atoms with Gasteiger partial charge in [-0.3, -0.25) is 4.79 Å². The van der Waals surface area contributed by atoms with E-state index in [9.17, 15) is 9.90 Å². The molecule has 0 atom stereocenters. The fourth-order valence-corrected chi connectivity index (χ4v) is 2.23. The minimum absolute atomic E-state index is 0.254. The average Bonchev–Trinajstić information content (AvgIpc) is 2.31. The highest BCUT2D eigenvalue weighted by atomic mass is 79.9. The van der Waals surface area contributed by atoms with Crippen molar-refractivity contribution in [2.75, 3.05) is 0 Å². The molecule has 0 amide bonds. The molecule has 1 heterocycles. The average molecular weight is 249 g/mol. The van der Waals surface area contributed by atoms with Crippen LogP contribution in [0.15, 0.2) is 15.2 Å². The zero-order valence-corrected chi connectivity index (χ0v) is 9.20. The monoisotopic (exact) mass is 248 g/mol. The molecule has 1 aromatic heterocycles. The number of hydrogen-bond acceptors (Lipinski definition) is 3. The third kappa shape index (κ3) is 1.94. The SMILES string of the molecule is CC(C)(O)C(=O)c1cscc1Br. The normalized spacial score (nSPS) is 11.7. The third-order valence-corrected chi connectivity index (χ3v) is 3.12. The van der Waals surface area contributed by atoms with Crippen LogP contribution in [0.4, 0.5) is 0 Å². The Labute approximate surface area is 83.4 Å². The summed E-state index contributed by atoms with van der Waals surface area (Å²) < 4.78 is 0.750. The zero-order valence-electron chi connectivity index (χ0n) is 6.80. The van der Waals surface area contributed by atoms with E-state index >= 15 is 0 Å². The number of ketones is 1. The second-order valence-electron chi connectivity index (χ2n) is 3.02. The van der Waals surface area contributed by atoms with E-state index < -0.39 is 5.60 Å². The van der Waals surface area contributed by atoms with Gasteiger partial charge in [0.2, 0.25) is 0 Å². The number of hydrogen-bond donors (Lipinski definition) is 1. The van der Waals surface area contributed by atoms with E-state index in [1.54, 1.807) is 5.38 Å². The van der Waals surface area contributed by atoms with Crippen LogP contribution < -0.4 is 0 Å². The summed E-state index contributed by atoms with van der Waals surface area (Å²) >= 11 is 4.67. The van der Waals surface area contributed by atoms with E-state index in [4.69, 9.17) is 0 Å². The molecule has 0 bridgehead atoms. The Balaban J connectivity index is 3.01. The van der Waals surface area contributed by atoms with Gasteiger partial charge in [-0.25, -0.2) is 0 Å². The van der Waals surface area contributed by atoms with Crippen molar-refractivity contribution >= 4 is 33.0 Å². The number of halogens is 1. The van der Waals surface area contributed by atoms with Crippen LogP contribution in [0.25, 0.3) is 0 Å². The summed E-state index contributed by atoms with van der Waals surface area (Å²) in [5, 5.41) is 13.0. The topological polar surface area (TPSA) is 37.3 Å². The van der Waals surface area contributed by atoms with Crippen molar-refractivity contribution in [3.8, 4) is 0 Å². The summed E-state index contributed by atoms with van der Waals surface area (Å²) in [4.78, 5) is 11.5. The van der Waals surface area contributed by atoms with E-state index in [0.717, 1.165) is 4.47 Å². The van der Waals surface area contributed by atoms with Crippen molar-refractivity contribution in [3.63, 3.8) is 0 Å². The molecule has 4 heteroatoms. The lowest BCUT2D eigenvalue weighted by atomic mass is 9.99. The van der Waals surface area contributed by atoms with Crippen LogP contribution in [-0.4, -0.2) is 16.5 Å². The highest BCUT2D eigenvalue weighted by molar-refractivity contribution is 9.10. The van der Waals surface area contributed by atoms with Crippen LogP contribution in [0.1, 0.15) is 24.2 Å². The largest absolute Gasteiger partial charge is 0.382 e. The van der Waals surface area contributed by atoms with Crippen LogP contribution in [0, 0.1) is 0 Å². The lowest BCUT2D eigenvalue weighted by molar-refractivity contribution is 0.0487. The summed E-state index contributed by atoms with van der Waals surface area (Å²) in [5.41, 5.74) is -0.739. The molecule has 0 aromatic carbocycles. The van der Waals surface area contributed by atoms with Gasteiger partial charge in [0, 0.05) is 20.8 Å². The number of aliphatic hydroxyl groups is 1. The van der Waals surface area contributed by atoms with Gasteiger partial charge in [0.25, 0.3) is 0 Å². The predicted molar refractivity (Wildman–Crippen MR) is 52.6 cm³/mol. The van der Waals surface area contributed by atoms with E-state index in [0.29, 0.717) is 5.56 Å².